The van der Waals surface area contributed by atoms with E-state index in [9.17, 15) is 23.2 Å². The standard InChI is InChI=1S/C26H32F2N2O5Si/c1-5-36(3,4)26-18(27)13-16(14-19(26)28)15-21(31)25-17-9-10-22(35-2)29-20(17)11-12-30(25)23(32)7-6-8-24(33)34/h9-10,13-14,25H,5-8,11-12,15H2,1-4H3,(H,33,34)/t25-/m1/s1. The number of hydrogen-bond donors (Lipinski definition) is 1. The third-order valence-electron chi connectivity index (χ3n) is 6.84. The first-order valence-corrected chi connectivity index (χ1v) is 15.2. The number of pyridine rings is 1. The van der Waals surface area contributed by atoms with Gasteiger partial charge in [-0.2, -0.15) is 0 Å². The number of carboxylic acid groups (broad SMARTS) is 1. The van der Waals surface area contributed by atoms with Crippen molar-refractivity contribution < 1.29 is 33.0 Å². The Labute approximate surface area is 210 Å². The molecule has 0 radical (unpaired) electrons. The number of hydrogen-bond acceptors (Lipinski definition) is 5. The topological polar surface area (TPSA) is 96.8 Å². The van der Waals surface area contributed by atoms with E-state index >= 15 is 0 Å². The summed E-state index contributed by atoms with van der Waals surface area (Å²) < 4.78 is 35.1. The van der Waals surface area contributed by atoms with Crippen molar-refractivity contribution in [2.75, 3.05) is 13.7 Å². The van der Waals surface area contributed by atoms with E-state index in [-0.39, 0.29) is 48.9 Å². The smallest absolute Gasteiger partial charge is 0.303 e. The van der Waals surface area contributed by atoms with Gasteiger partial charge in [0.15, 0.2) is 5.78 Å². The van der Waals surface area contributed by atoms with E-state index in [2.05, 4.69) is 4.98 Å². The molecule has 36 heavy (non-hydrogen) atoms. The fourth-order valence-corrected chi connectivity index (χ4v) is 6.37. The number of rotatable bonds is 10. The fraction of sp³-hybridized carbons (Fsp3) is 0.462. The average Bonchev–Trinajstić information content (AvgIpc) is 2.81. The number of carbonyl (C=O) groups excluding carboxylic acids is 2. The van der Waals surface area contributed by atoms with Crippen LogP contribution in [-0.4, -0.2) is 54.4 Å². The van der Waals surface area contributed by atoms with Gasteiger partial charge in [-0.15, -0.1) is 0 Å². The number of halogens is 2. The highest BCUT2D eigenvalue weighted by Crippen LogP contribution is 2.33. The van der Waals surface area contributed by atoms with Crippen LogP contribution in [0.2, 0.25) is 19.1 Å². The van der Waals surface area contributed by atoms with E-state index in [1.165, 1.54) is 24.1 Å². The molecule has 1 aliphatic heterocycles. The number of methoxy groups -OCH3 is 1. The first-order chi connectivity index (χ1) is 17.0. The summed E-state index contributed by atoms with van der Waals surface area (Å²) in [4.78, 5) is 43.3. The second-order valence-corrected chi connectivity index (χ2v) is 14.7. The lowest BCUT2D eigenvalue weighted by Crippen LogP contribution is -2.45. The monoisotopic (exact) mass is 518 g/mol. The van der Waals surface area contributed by atoms with E-state index in [1.807, 2.05) is 20.0 Å². The van der Waals surface area contributed by atoms with Crippen molar-refractivity contribution in [3.8, 4) is 5.88 Å². The number of amides is 1. The molecule has 3 rings (SSSR count). The molecule has 1 N–H and O–H groups in total. The molecule has 0 saturated heterocycles. The zero-order valence-corrected chi connectivity index (χ0v) is 22.1. The number of benzene rings is 1. The summed E-state index contributed by atoms with van der Waals surface area (Å²) in [7, 11) is -0.811. The highest BCUT2D eigenvalue weighted by atomic mass is 28.3. The average molecular weight is 519 g/mol. The lowest BCUT2D eigenvalue weighted by atomic mass is 9.90. The van der Waals surface area contributed by atoms with E-state index in [0.29, 0.717) is 29.6 Å². The van der Waals surface area contributed by atoms with Gasteiger partial charge in [-0.05, 0) is 30.2 Å². The Hall–Kier alpha value is -3.14. The van der Waals surface area contributed by atoms with Crippen LogP contribution >= 0.6 is 0 Å². The molecular weight excluding hydrogens is 486 g/mol. The van der Waals surface area contributed by atoms with Crippen molar-refractivity contribution in [1.82, 2.24) is 9.88 Å². The second-order valence-electron chi connectivity index (χ2n) is 9.69. The summed E-state index contributed by atoms with van der Waals surface area (Å²) in [6, 6.07) is 5.40. The Morgan fingerprint density at radius 3 is 2.42 bits per heavy atom. The van der Waals surface area contributed by atoms with Gasteiger partial charge in [0, 0.05) is 49.0 Å². The molecule has 194 valence electrons. The Bertz CT molecular complexity index is 1150. The third-order valence-corrected chi connectivity index (χ3v) is 10.4. The van der Waals surface area contributed by atoms with Crippen molar-refractivity contribution in [3.63, 3.8) is 0 Å². The fourth-order valence-electron chi connectivity index (χ4n) is 4.58. The number of Topliss-reactive ketones (excluding diaryl/α,β-unsaturated/α-hetero) is 1. The molecule has 1 aromatic carbocycles. The van der Waals surface area contributed by atoms with Crippen molar-refractivity contribution in [2.24, 2.45) is 0 Å². The van der Waals surface area contributed by atoms with E-state index in [1.54, 1.807) is 12.1 Å². The summed E-state index contributed by atoms with van der Waals surface area (Å²) in [6.45, 7) is 5.92. The minimum atomic E-state index is -2.29. The summed E-state index contributed by atoms with van der Waals surface area (Å²) >= 11 is 0. The van der Waals surface area contributed by atoms with Crippen molar-refractivity contribution in [1.29, 1.82) is 0 Å². The molecule has 7 nitrogen and oxygen atoms in total. The predicted octanol–water partition coefficient (Wildman–Crippen LogP) is 3.80. The minimum Gasteiger partial charge on any atom is -0.481 e. The first-order valence-electron chi connectivity index (χ1n) is 12.0. The molecule has 1 aromatic heterocycles. The molecule has 2 aromatic rings. The van der Waals surface area contributed by atoms with Crippen molar-refractivity contribution >= 4 is 30.9 Å². The van der Waals surface area contributed by atoms with Gasteiger partial charge < -0.3 is 14.7 Å². The SMILES string of the molecule is CC[Si](C)(C)c1c(F)cc(CC(=O)[C@H]2c3ccc(OC)nc3CCN2C(=O)CCCC(=O)O)cc1F. The third kappa shape index (κ3) is 5.97. The quantitative estimate of drug-likeness (QED) is 0.481. The summed E-state index contributed by atoms with van der Waals surface area (Å²) in [5, 5.41) is 9.01. The lowest BCUT2D eigenvalue weighted by Gasteiger charge is -2.36. The van der Waals surface area contributed by atoms with Crippen LogP contribution in [0.15, 0.2) is 24.3 Å². The van der Waals surface area contributed by atoms with Crippen LogP contribution in [0.1, 0.15) is 49.0 Å². The number of nitrogens with zero attached hydrogens (tertiary/aromatic N) is 2. The largest absolute Gasteiger partial charge is 0.481 e. The van der Waals surface area contributed by atoms with Gasteiger partial charge in [0.25, 0.3) is 0 Å². The molecule has 0 bridgehead atoms. The number of carbonyl (C=O) groups is 3. The van der Waals surface area contributed by atoms with E-state index < -0.39 is 37.5 Å². The summed E-state index contributed by atoms with van der Waals surface area (Å²) in [5.74, 6) is -2.66. The molecule has 1 aliphatic rings. The molecule has 0 spiro atoms. The molecule has 0 aliphatic carbocycles. The molecular formula is C26H32F2N2O5Si. The highest BCUT2D eigenvalue weighted by Gasteiger charge is 2.37. The van der Waals surface area contributed by atoms with Gasteiger partial charge >= 0.3 is 5.97 Å². The molecule has 0 unspecified atom stereocenters. The van der Waals surface area contributed by atoms with Gasteiger partial charge in [-0.25, -0.2) is 13.8 Å². The molecule has 0 fully saturated rings. The maximum atomic E-state index is 15.0. The molecule has 10 heteroatoms. The maximum absolute atomic E-state index is 15.0. The molecule has 2 heterocycles. The highest BCUT2D eigenvalue weighted by molar-refractivity contribution is 6.89. The van der Waals surface area contributed by atoms with Crippen LogP contribution in [0.5, 0.6) is 5.88 Å². The molecule has 1 atom stereocenters. The van der Waals surface area contributed by atoms with Crippen molar-refractivity contribution in [2.45, 2.75) is 64.2 Å². The second kappa shape index (κ2) is 11.3. The normalized spacial score (nSPS) is 15.4. The molecule has 0 saturated carbocycles. The zero-order valence-electron chi connectivity index (χ0n) is 21.1. The van der Waals surface area contributed by atoms with Crippen LogP contribution in [0.4, 0.5) is 8.78 Å². The van der Waals surface area contributed by atoms with E-state index in [0.717, 1.165) is 0 Å². The number of ether oxygens (including phenoxy) is 1. The lowest BCUT2D eigenvalue weighted by molar-refractivity contribution is -0.141. The summed E-state index contributed by atoms with van der Waals surface area (Å²) in [5.41, 5.74) is 1.35. The van der Waals surface area contributed by atoms with Gasteiger partial charge in [0.1, 0.15) is 17.7 Å². The Balaban J connectivity index is 1.93. The van der Waals surface area contributed by atoms with Gasteiger partial charge in [-0.1, -0.05) is 26.1 Å². The van der Waals surface area contributed by atoms with E-state index in [4.69, 9.17) is 9.84 Å². The number of fused-ring (bicyclic) bond motifs is 1. The minimum absolute atomic E-state index is 0.0241. The van der Waals surface area contributed by atoms with Gasteiger partial charge in [-0.3, -0.25) is 14.4 Å². The van der Waals surface area contributed by atoms with Crippen LogP contribution in [-0.2, 0) is 27.2 Å². The first kappa shape index (κ1) is 27.4. The number of aromatic nitrogens is 1. The van der Waals surface area contributed by atoms with Crippen LogP contribution in [0.3, 0.4) is 0 Å². The van der Waals surface area contributed by atoms with Crippen LogP contribution < -0.4 is 9.92 Å². The number of ketones is 1. The molecule has 1 amide bonds. The number of aliphatic carboxylic acids is 1. The van der Waals surface area contributed by atoms with Crippen LogP contribution in [0, 0.1) is 11.6 Å². The van der Waals surface area contributed by atoms with Crippen molar-refractivity contribution in [3.05, 3.63) is 52.7 Å². The summed E-state index contributed by atoms with van der Waals surface area (Å²) in [6.07, 6.45) is 0.0980. The predicted molar refractivity (Wildman–Crippen MR) is 133 cm³/mol. The maximum Gasteiger partial charge on any atom is 0.303 e. The van der Waals surface area contributed by atoms with Crippen LogP contribution in [0.25, 0.3) is 0 Å². The number of carboxylic acids is 1. The Morgan fingerprint density at radius 2 is 1.83 bits per heavy atom. The zero-order chi connectivity index (χ0) is 26.6. The van der Waals surface area contributed by atoms with Gasteiger partial charge in [0.05, 0.1) is 20.9 Å². The Morgan fingerprint density at radius 1 is 1.17 bits per heavy atom. The van der Waals surface area contributed by atoms with Gasteiger partial charge in [0.2, 0.25) is 11.8 Å². The Kier molecular flexibility index (Phi) is 8.60.